The summed E-state index contributed by atoms with van der Waals surface area (Å²) in [4.78, 5) is 4.45. The van der Waals surface area contributed by atoms with E-state index in [1.807, 2.05) is 24.3 Å². The van der Waals surface area contributed by atoms with Gasteiger partial charge in [-0.15, -0.1) is 0 Å². The number of rotatable bonds is 6. The number of benzene rings is 1. The maximum absolute atomic E-state index is 13.1. The van der Waals surface area contributed by atoms with Crippen LogP contribution in [0.25, 0.3) is 0 Å². The smallest absolute Gasteiger partial charge is 0.243 e. The molecule has 3 rings (SSSR count). The molecular weight excluding hydrogens is 338 g/mol. The van der Waals surface area contributed by atoms with Crippen molar-refractivity contribution in [2.75, 3.05) is 33.4 Å². The fraction of sp³-hybridized carbons (Fsp3) is 0.389. The fourth-order valence-corrected chi connectivity index (χ4v) is 4.63. The summed E-state index contributed by atoms with van der Waals surface area (Å²) in [5, 5.41) is 3.27. The van der Waals surface area contributed by atoms with Crippen LogP contribution in [0.5, 0.6) is 0 Å². The first-order chi connectivity index (χ1) is 12.1. The molecule has 1 aliphatic rings. The Labute approximate surface area is 148 Å². The average molecular weight is 361 g/mol. The van der Waals surface area contributed by atoms with Crippen molar-refractivity contribution < 1.29 is 13.2 Å². The molecule has 6 nitrogen and oxygen atoms in total. The second-order valence-electron chi connectivity index (χ2n) is 6.01. The zero-order valence-electron chi connectivity index (χ0n) is 14.3. The minimum atomic E-state index is -3.56. The van der Waals surface area contributed by atoms with E-state index in [-0.39, 0.29) is 6.04 Å². The molecule has 1 saturated heterocycles. The van der Waals surface area contributed by atoms with Crippen molar-refractivity contribution in [1.29, 1.82) is 0 Å². The van der Waals surface area contributed by atoms with Crippen LogP contribution in [-0.2, 0) is 21.2 Å². The Hall–Kier alpha value is -1.80. The van der Waals surface area contributed by atoms with Crippen LogP contribution in [0.15, 0.2) is 53.7 Å². The first-order valence-electron chi connectivity index (χ1n) is 8.33. The van der Waals surface area contributed by atoms with Gasteiger partial charge in [0.25, 0.3) is 0 Å². The predicted molar refractivity (Wildman–Crippen MR) is 95.8 cm³/mol. The van der Waals surface area contributed by atoms with E-state index in [4.69, 9.17) is 4.74 Å². The molecule has 0 saturated carbocycles. The van der Waals surface area contributed by atoms with Gasteiger partial charge in [0.15, 0.2) is 0 Å². The van der Waals surface area contributed by atoms with E-state index in [2.05, 4.69) is 10.3 Å². The average Bonchev–Trinajstić information content (AvgIpc) is 2.67. The van der Waals surface area contributed by atoms with Crippen LogP contribution in [-0.4, -0.2) is 51.1 Å². The van der Waals surface area contributed by atoms with E-state index in [0.717, 1.165) is 17.5 Å². The molecule has 134 valence electrons. The van der Waals surface area contributed by atoms with E-state index in [9.17, 15) is 8.42 Å². The molecule has 1 atom stereocenters. The second-order valence-corrected chi connectivity index (χ2v) is 7.90. The highest BCUT2D eigenvalue weighted by molar-refractivity contribution is 7.89. The van der Waals surface area contributed by atoms with Crippen LogP contribution < -0.4 is 5.32 Å². The molecule has 1 unspecified atom stereocenters. The van der Waals surface area contributed by atoms with E-state index < -0.39 is 10.0 Å². The van der Waals surface area contributed by atoms with Gasteiger partial charge in [-0.1, -0.05) is 18.2 Å². The number of nitrogens with zero attached hydrogens (tertiary/aromatic N) is 2. The number of methoxy groups -OCH3 is 1. The minimum Gasteiger partial charge on any atom is -0.384 e. The third-order valence-electron chi connectivity index (χ3n) is 4.39. The molecule has 1 aliphatic heterocycles. The lowest BCUT2D eigenvalue weighted by atomic mass is 10.1. The molecule has 0 spiro atoms. The molecule has 1 fully saturated rings. The molecular formula is C18H23N3O3S. The molecule has 25 heavy (non-hydrogen) atoms. The highest BCUT2D eigenvalue weighted by Gasteiger charge is 2.34. The van der Waals surface area contributed by atoms with Gasteiger partial charge in [0.2, 0.25) is 10.0 Å². The number of aromatic nitrogens is 1. The van der Waals surface area contributed by atoms with Crippen molar-refractivity contribution >= 4 is 10.0 Å². The van der Waals surface area contributed by atoms with Crippen molar-refractivity contribution in [2.24, 2.45) is 0 Å². The molecule has 0 radical (unpaired) electrons. The second kappa shape index (κ2) is 8.05. The van der Waals surface area contributed by atoms with Crippen LogP contribution >= 0.6 is 0 Å². The van der Waals surface area contributed by atoms with Gasteiger partial charge in [-0.2, -0.15) is 4.31 Å². The van der Waals surface area contributed by atoms with E-state index >= 15 is 0 Å². The van der Waals surface area contributed by atoms with Crippen molar-refractivity contribution in [3.05, 3.63) is 59.9 Å². The van der Waals surface area contributed by atoms with Gasteiger partial charge in [0, 0.05) is 39.1 Å². The number of hydrogen-bond acceptors (Lipinski definition) is 5. The minimum absolute atomic E-state index is 0.249. The molecule has 1 aromatic carbocycles. The number of nitrogens with one attached hydrogen (secondary N) is 1. The molecule has 0 aliphatic carbocycles. The zero-order valence-corrected chi connectivity index (χ0v) is 15.1. The Bertz CT molecular complexity index is 779. The quantitative estimate of drug-likeness (QED) is 0.846. The van der Waals surface area contributed by atoms with Gasteiger partial charge in [0.05, 0.1) is 17.5 Å². The Kier molecular flexibility index (Phi) is 5.80. The maximum Gasteiger partial charge on any atom is 0.243 e. The van der Waals surface area contributed by atoms with Gasteiger partial charge >= 0.3 is 0 Å². The van der Waals surface area contributed by atoms with Crippen LogP contribution in [0.4, 0.5) is 0 Å². The maximum atomic E-state index is 13.1. The summed E-state index contributed by atoms with van der Waals surface area (Å²) < 4.78 is 32.9. The largest absolute Gasteiger partial charge is 0.384 e. The summed E-state index contributed by atoms with van der Waals surface area (Å²) in [6, 6.07) is 10.6. The lowest BCUT2D eigenvalue weighted by Crippen LogP contribution is -2.48. The van der Waals surface area contributed by atoms with Gasteiger partial charge in [-0.25, -0.2) is 8.42 Å². The fourth-order valence-electron chi connectivity index (χ4n) is 3.01. The van der Waals surface area contributed by atoms with Crippen molar-refractivity contribution in [2.45, 2.75) is 17.4 Å². The normalized spacial score (nSPS) is 19.0. The van der Waals surface area contributed by atoms with Crippen molar-refractivity contribution in [3.8, 4) is 0 Å². The summed E-state index contributed by atoms with van der Waals surface area (Å²) in [6.07, 6.45) is 4.19. The van der Waals surface area contributed by atoms with Gasteiger partial charge in [-0.05, 0) is 35.7 Å². The van der Waals surface area contributed by atoms with Gasteiger partial charge in [0.1, 0.15) is 0 Å². The first kappa shape index (κ1) is 18.0. The Morgan fingerprint density at radius 3 is 2.76 bits per heavy atom. The van der Waals surface area contributed by atoms with E-state index in [0.29, 0.717) is 31.1 Å². The predicted octanol–water partition coefficient (Wildman–Crippen LogP) is 1.61. The van der Waals surface area contributed by atoms with Crippen LogP contribution in [0.2, 0.25) is 0 Å². The van der Waals surface area contributed by atoms with Crippen molar-refractivity contribution in [3.63, 3.8) is 0 Å². The van der Waals surface area contributed by atoms with Gasteiger partial charge < -0.3 is 10.1 Å². The number of pyridine rings is 1. The Balaban J connectivity index is 1.86. The molecule has 7 heteroatoms. The third-order valence-corrected chi connectivity index (χ3v) is 6.31. The molecule has 2 aromatic rings. The molecule has 1 N–H and O–H groups in total. The summed E-state index contributed by atoms with van der Waals surface area (Å²) in [7, 11) is -1.91. The van der Waals surface area contributed by atoms with E-state index in [1.54, 1.807) is 35.9 Å². The standard InChI is InChI=1S/C18H23N3O3S/c1-24-12-8-15-4-6-17(7-5-15)25(22,23)21-11-10-20-14-18(21)16-3-2-9-19-13-16/h2-7,9,13,18,20H,8,10-12,14H2,1H3. The zero-order chi connectivity index (χ0) is 17.7. The van der Waals surface area contributed by atoms with E-state index in [1.165, 1.54) is 0 Å². The number of hydrogen-bond donors (Lipinski definition) is 1. The first-order valence-corrected chi connectivity index (χ1v) is 9.77. The number of piperazine rings is 1. The summed E-state index contributed by atoms with van der Waals surface area (Å²) >= 11 is 0. The number of sulfonamides is 1. The molecule has 0 amide bonds. The molecule has 1 aromatic heterocycles. The molecule has 0 bridgehead atoms. The lowest BCUT2D eigenvalue weighted by Gasteiger charge is -2.35. The van der Waals surface area contributed by atoms with Crippen LogP contribution in [0.1, 0.15) is 17.2 Å². The monoisotopic (exact) mass is 361 g/mol. The van der Waals surface area contributed by atoms with Crippen LogP contribution in [0.3, 0.4) is 0 Å². The lowest BCUT2D eigenvalue weighted by molar-refractivity contribution is 0.202. The highest BCUT2D eigenvalue weighted by atomic mass is 32.2. The Morgan fingerprint density at radius 2 is 2.08 bits per heavy atom. The summed E-state index contributed by atoms with van der Waals surface area (Å²) in [5.41, 5.74) is 1.96. The number of ether oxygens (including phenoxy) is 1. The molecule has 2 heterocycles. The Morgan fingerprint density at radius 1 is 1.28 bits per heavy atom. The summed E-state index contributed by atoms with van der Waals surface area (Å²) in [6.45, 7) is 2.28. The van der Waals surface area contributed by atoms with Crippen molar-refractivity contribution in [1.82, 2.24) is 14.6 Å². The summed E-state index contributed by atoms with van der Waals surface area (Å²) in [5.74, 6) is 0. The third kappa shape index (κ3) is 4.07. The topological polar surface area (TPSA) is 71.5 Å². The van der Waals surface area contributed by atoms with Crippen LogP contribution in [0, 0.1) is 0 Å². The SMILES string of the molecule is COCCc1ccc(S(=O)(=O)N2CCNCC2c2cccnc2)cc1. The van der Waals surface area contributed by atoms with Gasteiger partial charge in [-0.3, -0.25) is 4.98 Å². The highest BCUT2D eigenvalue weighted by Crippen LogP contribution is 2.28.